The maximum atomic E-state index is 13.2. The van der Waals surface area contributed by atoms with Gasteiger partial charge in [0.2, 0.25) is 5.91 Å². The van der Waals surface area contributed by atoms with Crippen LogP contribution >= 0.6 is 11.6 Å². The van der Waals surface area contributed by atoms with Crippen molar-refractivity contribution in [1.29, 1.82) is 0 Å². The SMILES string of the molecule is CC(Nc1ccc2c(c1)NC(=O)C(C)O2)C(=O)Nc1ccc(Cl)cc1C(F)(F)F. The third-order valence-electron chi connectivity index (χ3n) is 4.23. The average Bonchev–Trinajstić information content (AvgIpc) is 2.63. The van der Waals surface area contributed by atoms with E-state index in [0.29, 0.717) is 17.1 Å². The normalized spacial score (nSPS) is 16.9. The Bertz CT molecular complexity index is 965. The van der Waals surface area contributed by atoms with E-state index in [0.717, 1.165) is 12.1 Å². The monoisotopic (exact) mass is 427 g/mol. The quantitative estimate of drug-likeness (QED) is 0.670. The number of halogens is 4. The Morgan fingerprint density at radius 1 is 1.24 bits per heavy atom. The zero-order valence-electron chi connectivity index (χ0n) is 15.4. The molecule has 0 spiro atoms. The Balaban J connectivity index is 1.72. The van der Waals surface area contributed by atoms with Crippen LogP contribution < -0.4 is 20.7 Å². The summed E-state index contributed by atoms with van der Waals surface area (Å²) in [5.74, 6) is -0.497. The van der Waals surface area contributed by atoms with Crippen LogP contribution in [0, 0.1) is 0 Å². The van der Waals surface area contributed by atoms with Crippen LogP contribution in [0.1, 0.15) is 19.4 Å². The van der Waals surface area contributed by atoms with Gasteiger partial charge in [0.25, 0.3) is 5.91 Å². The van der Waals surface area contributed by atoms with Gasteiger partial charge in [-0.1, -0.05) is 11.6 Å². The van der Waals surface area contributed by atoms with Crippen molar-refractivity contribution in [2.45, 2.75) is 32.2 Å². The van der Waals surface area contributed by atoms with Crippen LogP contribution in [0.4, 0.5) is 30.2 Å². The highest BCUT2D eigenvalue weighted by Crippen LogP contribution is 2.37. The van der Waals surface area contributed by atoms with Gasteiger partial charge in [-0.05, 0) is 50.2 Å². The highest BCUT2D eigenvalue weighted by molar-refractivity contribution is 6.30. The van der Waals surface area contributed by atoms with Crippen LogP contribution in [-0.4, -0.2) is 24.0 Å². The maximum Gasteiger partial charge on any atom is 0.418 e. The second-order valence-electron chi connectivity index (χ2n) is 6.50. The lowest BCUT2D eigenvalue weighted by Gasteiger charge is -2.24. The van der Waals surface area contributed by atoms with Crippen LogP contribution in [0.3, 0.4) is 0 Å². The minimum absolute atomic E-state index is 0.0888. The van der Waals surface area contributed by atoms with Gasteiger partial charge in [0.15, 0.2) is 6.10 Å². The molecule has 154 valence electrons. The number of alkyl halides is 3. The molecule has 2 aromatic carbocycles. The molecular formula is C19H17ClF3N3O3. The molecule has 0 bridgehead atoms. The van der Waals surface area contributed by atoms with Gasteiger partial charge in [-0.3, -0.25) is 9.59 Å². The highest BCUT2D eigenvalue weighted by atomic mass is 35.5. The first-order valence-electron chi connectivity index (χ1n) is 8.60. The number of nitrogens with one attached hydrogen (secondary N) is 3. The van der Waals surface area contributed by atoms with Crippen molar-refractivity contribution >= 4 is 40.5 Å². The Hall–Kier alpha value is -2.94. The van der Waals surface area contributed by atoms with Crippen molar-refractivity contribution in [2.24, 2.45) is 0 Å². The fourth-order valence-corrected chi connectivity index (χ4v) is 2.89. The van der Waals surface area contributed by atoms with Crippen molar-refractivity contribution < 1.29 is 27.5 Å². The van der Waals surface area contributed by atoms with Crippen molar-refractivity contribution in [3.8, 4) is 5.75 Å². The second-order valence-corrected chi connectivity index (χ2v) is 6.94. The first-order chi connectivity index (χ1) is 13.5. The highest BCUT2D eigenvalue weighted by Gasteiger charge is 2.34. The number of amides is 2. The fourth-order valence-electron chi connectivity index (χ4n) is 2.72. The third-order valence-corrected chi connectivity index (χ3v) is 4.47. The van der Waals surface area contributed by atoms with Crippen LogP contribution in [0.25, 0.3) is 0 Å². The van der Waals surface area contributed by atoms with Crippen molar-refractivity contribution in [3.05, 3.63) is 47.0 Å². The number of carbonyl (C=O) groups is 2. The van der Waals surface area contributed by atoms with Crippen LogP contribution in [0.5, 0.6) is 5.75 Å². The zero-order chi connectivity index (χ0) is 21.3. The van der Waals surface area contributed by atoms with Gasteiger partial charge in [0.05, 0.1) is 16.9 Å². The molecule has 1 aliphatic rings. The lowest BCUT2D eigenvalue weighted by molar-refractivity contribution is -0.137. The molecule has 29 heavy (non-hydrogen) atoms. The van der Waals surface area contributed by atoms with E-state index >= 15 is 0 Å². The summed E-state index contributed by atoms with van der Waals surface area (Å²) in [5.41, 5.74) is -0.506. The van der Waals surface area contributed by atoms with Crippen molar-refractivity contribution in [1.82, 2.24) is 0 Å². The Labute approximate surface area is 169 Å². The maximum absolute atomic E-state index is 13.2. The van der Waals surface area contributed by atoms with Gasteiger partial charge < -0.3 is 20.7 Å². The minimum atomic E-state index is -4.67. The van der Waals surface area contributed by atoms with E-state index < -0.39 is 29.8 Å². The molecule has 2 aromatic rings. The summed E-state index contributed by atoms with van der Waals surface area (Å²) in [6, 6.07) is 7.08. The molecule has 10 heteroatoms. The summed E-state index contributed by atoms with van der Waals surface area (Å²) >= 11 is 5.64. The van der Waals surface area contributed by atoms with E-state index in [9.17, 15) is 22.8 Å². The van der Waals surface area contributed by atoms with E-state index in [1.165, 1.54) is 13.0 Å². The molecule has 0 aliphatic carbocycles. The Morgan fingerprint density at radius 2 is 1.97 bits per heavy atom. The number of anilines is 3. The molecule has 0 saturated heterocycles. The summed E-state index contributed by atoms with van der Waals surface area (Å²) < 4.78 is 45.0. The average molecular weight is 428 g/mol. The topological polar surface area (TPSA) is 79.5 Å². The lowest BCUT2D eigenvalue weighted by atomic mass is 10.1. The van der Waals surface area contributed by atoms with E-state index in [2.05, 4.69) is 16.0 Å². The van der Waals surface area contributed by atoms with Gasteiger partial charge in [0.1, 0.15) is 11.8 Å². The van der Waals surface area contributed by atoms with Crippen molar-refractivity contribution in [2.75, 3.05) is 16.0 Å². The number of hydrogen-bond donors (Lipinski definition) is 3. The largest absolute Gasteiger partial charge is 0.479 e. The lowest BCUT2D eigenvalue weighted by Crippen LogP contribution is -2.35. The molecule has 3 rings (SSSR count). The number of ether oxygens (including phenoxy) is 1. The molecular weight excluding hydrogens is 411 g/mol. The predicted octanol–water partition coefficient (Wildman–Crippen LogP) is 4.52. The summed E-state index contributed by atoms with van der Waals surface area (Å²) in [7, 11) is 0. The molecule has 1 aliphatic heterocycles. The molecule has 6 nitrogen and oxygen atoms in total. The number of benzene rings is 2. The first-order valence-corrected chi connectivity index (χ1v) is 8.98. The molecule has 1 heterocycles. The van der Waals surface area contributed by atoms with Crippen LogP contribution in [0.2, 0.25) is 5.02 Å². The van der Waals surface area contributed by atoms with E-state index in [4.69, 9.17) is 16.3 Å². The summed E-state index contributed by atoms with van der Waals surface area (Å²) in [5, 5.41) is 7.74. The molecule has 2 atom stereocenters. The number of carbonyl (C=O) groups excluding carboxylic acids is 2. The number of hydrogen-bond acceptors (Lipinski definition) is 4. The Kier molecular flexibility index (Phi) is 5.61. The minimum Gasteiger partial charge on any atom is -0.479 e. The third kappa shape index (κ3) is 4.73. The van der Waals surface area contributed by atoms with E-state index in [1.807, 2.05) is 0 Å². The summed E-state index contributed by atoms with van der Waals surface area (Å²) in [6.45, 7) is 3.11. The first kappa shape index (κ1) is 20.8. The van der Waals surface area contributed by atoms with Gasteiger partial charge >= 0.3 is 6.18 Å². The molecule has 0 fully saturated rings. The molecule has 2 amide bonds. The predicted molar refractivity (Wildman–Crippen MR) is 103 cm³/mol. The van der Waals surface area contributed by atoms with Gasteiger partial charge in [-0.2, -0.15) is 13.2 Å². The molecule has 0 aromatic heterocycles. The fraction of sp³-hybridized carbons (Fsp3) is 0.263. The van der Waals surface area contributed by atoms with Crippen LogP contribution in [-0.2, 0) is 15.8 Å². The summed E-state index contributed by atoms with van der Waals surface area (Å²) in [4.78, 5) is 24.1. The Morgan fingerprint density at radius 3 is 2.66 bits per heavy atom. The molecule has 0 radical (unpaired) electrons. The standard InChI is InChI=1S/C19H17ClF3N3O3/c1-9(17(27)25-14-5-3-11(20)7-13(14)19(21,22)23)24-12-4-6-16-15(8-12)26-18(28)10(2)29-16/h3-10,24H,1-2H3,(H,25,27)(H,26,28). The molecule has 2 unspecified atom stereocenters. The van der Waals surface area contributed by atoms with E-state index in [-0.39, 0.29) is 16.6 Å². The van der Waals surface area contributed by atoms with E-state index in [1.54, 1.807) is 25.1 Å². The van der Waals surface area contributed by atoms with Crippen LogP contribution in [0.15, 0.2) is 36.4 Å². The number of fused-ring (bicyclic) bond motifs is 1. The van der Waals surface area contributed by atoms with Gasteiger partial charge in [-0.15, -0.1) is 0 Å². The zero-order valence-corrected chi connectivity index (χ0v) is 16.1. The van der Waals surface area contributed by atoms with Crippen molar-refractivity contribution in [3.63, 3.8) is 0 Å². The number of rotatable bonds is 4. The molecule has 3 N–H and O–H groups in total. The summed E-state index contributed by atoms with van der Waals surface area (Å²) in [6.07, 6.45) is -5.29. The van der Waals surface area contributed by atoms with Gasteiger partial charge in [0, 0.05) is 10.7 Å². The second kappa shape index (κ2) is 7.82. The van der Waals surface area contributed by atoms with Gasteiger partial charge in [-0.25, -0.2) is 0 Å². The smallest absolute Gasteiger partial charge is 0.418 e. The molecule has 0 saturated carbocycles.